The third kappa shape index (κ3) is 4.54. The number of hydrogen-bond acceptors (Lipinski definition) is 6. The molecule has 0 bridgehead atoms. The van der Waals surface area contributed by atoms with Crippen molar-refractivity contribution in [3.05, 3.63) is 53.6 Å². The fraction of sp³-hybridized carbons (Fsp3) is 0.429. The van der Waals surface area contributed by atoms with Crippen LogP contribution in [-0.2, 0) is 20.5 Å². The first kappa shape index (κ1) is 23.4. The summed E-state index contributed by atoms with van der Waals surface area (Å²) in [5.41, 5.74) is -2.81. The Balaban J connectivity index is 1.62. The highest BCUT2D eigenvalue weighted by Crippen LogP contribution is 2.42. The van der Waals surface area contributed by atoms with Crippen molar-refractivity contribution in [3.63, 3.8) is 0 Å². The van der Waals surface area contributed by atoms with Crippen LogP contribution in [0.3, 0.4) is 0 Å². The molecule has 1 aromatic heterocycles. The molecule has 178 valence electrons. The molecule has 1 fully saturated rings. The fourth-order valence-electron chi connectivity index (χ4n) is 4.07. The van der Waals surface area contributed by atoms with E-state index in [0.29, 0.717) is 25.3 Å². The summed E-state index contributed by atoms with van der Waals surface area (Å²) in [5, 5.41) is 3.98. The molecule has 2 aromatic rings. The number of amidine groups is 1. The number of oxime groups is 1. The van der Waals surface area contributed by atoms with Crippen LogP contribution in [0.4, 0.5) is 17.6 Å². The Kier molecular flexibility index (Phi) is 6.32. The zero-order valence-corrected chi connectivity index (χ0v) is 18.5. The molecule has 1 saturated heterocycles. The van der Waals surface area contributed by atoms with Gasteiger partial charge in [0.05, 0.1) is 29.6 Å². The van der Waals surface area contributed by atoms with Crippen molar-refractivity contribution in [3.8, 4) is 11.1 Å². The lowest BCUT2D eigenvalue weighted by Crippen LogP contribution is -2.40. The smallest absolute Gasteiger partial charge is 0.215 e. The van der Waals surface area contributed by atoms with Crippen LogP contribution in [0, 0.1) is 17.5 Å². The van der Waals surface area contributed by atoms with Crippen LogP contribution in [0.5, 0.6) is 0 Å². The minimum Gasteiger partial charge on any atom is -0.378 e. The molecule has 0 radical (unpaired) electrons. The van der Waals surface area contributed by atoms with E-state index < -0.39 is 45.3 Å². The molecule has 33 heavy (non-hydrogen) atoms. The normalized spacial score (nSPS) is 23.0. The highest BCUT2D eigenvalue weighted by Gasteiger charge is 2.47. The summed E-state index contributed by atoms with van der Waals surface area (Å²) in [6.07, 6.45) is 1.21. The van der Waals surface area contributed by atoms with Crippen LogP contribution >= 0.6 is 0 Å². The first-order valence-corrected chi connectivity index (χ1v) is 12.0. The van der Waals surface area contributed by atoms with Crippen LogP contribution in [0.2, 0.25) is 0 Å². The number of aromatic nitrogens is 1. The molecule has 1 aromatic carbocycles. The predicted molar refractivity (Wildman–Crippen MR) is 113 cm³/mol. The molecule has 2 aliphatic heterocycles. The molecule has 1 N–H and O–H groups in total. The van der Waals surface area contributed by atoms with Gasteiger partial charge in [0.1, 0.15) is 30.0 Å². The number of hydrogen-bond donors (Lipinski definition) is 1. The second-order valence-electron chi connectivity index (χ2n) is 8.00. The minimum atomic E-state index is -3.39. The first-order valence-electron chi connectivity index (χ1n) is 10.3. The zero-order valence-electron chi connectivity index (χ0n) is 17.7. The summed E-state index contributed by atoms with van der Waals surface area (Å²) in [7, 11) is -3.39. The number of sulfonamides is 1. The van der Waals surface area contributed by atoms with E-state index in [-0.39, 0.29) is 29.5 Å². The fourth-order valence-corrected chi connectivity index (χ4v) is 4.93. The molecule has 1 unspecified atom stereocenters. The summed E-state index contributed by atoms with van der Waals surface area (Å²) in [6.45, 7) is 1.15. The van der Waals surface area contributed by atoms with Gasteiger partial charge in [-0.25, -0.2) is 30.7 Å². The molecular weight excluding hydrogens is 464 g/mol. The molecule has 12 heteroatoms. The number of alkyl halides is 1. The van der Waals surface area contributed by atoms with Crippen LogP contribution in [0.1, 0.15) is 25.5 Å². The van der Waals surface area contributed by atoms with Gasteiger partial charge in [0.25, 0.3) is 0 Å². The van der Waals surface area contributed by atoms with Crippen molar-refractivity contribution >= 4 is 15.9 Å². The number of nitrogens with zero attached hydrogens (tertiary/aromatic N) is 3. The number of halogens is 4. The van der Waals surface area contributed by atoms with Crippen molar-refractivity contribution in [2.45, 2.75) is 31.4 Å². The lowest BCUT2D eigenvalue weighted by Gasteiger charge is -2.26. The standard InChI is InChI=1S/C21H22F4N4O3S/c1-2-33(30,31)28-14-6-7-29(11-14)18-9-21(12-22,32-27-18)20-15(8-13(23)10-26-20)19-16(24)4-3-5-17(19)25/h3-5,8,10,14,28H,2,6-7,9,11-12H2,1H3/t14-,21?/m0/s1. The Bertz CT molecular complexity index is 1170. The highest BCUT2D eigenvalue weighted by atomic mass is 32.2. The number of benzene rings is 1. The molecule has 0 aliphatic carbocycles. The van der Waals surface area contributed by atoms with E-state index in [1.54, 1.807) is 4.90 Å². The minimum absolute atomic E-state index is 0.0515. The molecule has 2 atom stereocenters. The molecule has 0 amide bonds. The third-order valence-corrected chi connectivity index (χ3v) is 7.24. The van der Waals surface area contributed by atoms with E-state index in [1.807, 2.05) is 0 Å². The SMILES string of the molecule is CCS(=O)(=O)N[C@H]1CCN(C2=NOC(CF)(c3ncc(F)cc3-c3c(F)cccc3F)C2)C1. The summed E-state index contributed by atoms with van der Waals surface area (Å²) >= 11 is 0. The van der Waals surface area contributed by atoms with Crippen molar-refractivity contribution < 1.29 is 30.8 Å². The maximum Gasteiger partial charge on any atom is 0.215 e. The average Bonchev–Trinajstić information content (AvgIpc) is 3.41. The van der Waals surface area contributed by atoms with Crippen molar-refractivity contribution in [2.24, 2.45) is 5.16 Å². The largest absolute Gasteiger partial charge is 0.378 e. The number of likely N-dealkylation sites (tertiary alicyclic amines) is 1. The summed E-state index contributed by atoms with van der Waals surface area (Å²) < 4.78 is 83.6. The van der Waals surface area contributed by atoms with Gasteiger partial charge in [-0.1, -0.05) is 11.2 Å². The van der Waals surface area contributed by atoms with Gasteiger partial charge in [-0.2, -0.15) is 0 Å². The van der Waals surface area contributed by atoms with Crippen LogP contribution in [0.15, 0.2) is 35.6 Å². The second kappa shape index (κ2) is 8.90. The third-order valence-electron chi connectivity index (χ3n) is 5.78. The van der Waals surface area contributed by atoms with Gasteiger partial charge < -0.3 is 9.74 Å². The lowest BCUT2D eigenvalue weighted by atomic mass is 9.89. The first-order chi connectivity index (χ1) is 15.7. The van der Waals surface area contributed by atoms with Gasteiger partial charge in [-0.3, -0.25) is 4.98 Å². The molecule has 2 aliphatic rings. The monoisotopic (exact) mass is 486 g/mol. The predicted octanol–water partition coefficient (Wildman–Crippen LogP) is 3.08. The number of nitrogens with one attached hydrogen (secondary N) is 1. The van der Waals surface area contributed by atoms with E-state index >= 15 is 0 Å². The van der Waals surface area contributed by atoms with Gasteiger partial charge in [0, 0.05) is 24.7 Å². The Morgan fingerprint density at radius 2 is 2.00 bits per heavy atom. The molecule has 4 rings (SSSR count). The topological polar surface area (TPSA) is 83.9 Å². The summed E-state index contributed by atoms with van der Waals surface area (Å²) in [6, 6.07) is 3.72. The highest BCUT2D eigenvalue weighted by molar-refractivity contribution is 7.89. The Morgan fingerprint density at radius 3 is 2.67 bits per heavy atom. The average molecular weight is 486 g/mol. The van der Waals surface area contributed by atoms with E-state index in [2.05, 4.69) is 14.9 Å². The molecule has 0 spiro atoms. The molecular formula is C21H22F4N4O3S. The van der Waals surface area contributed by atoms with E-state index in [9.17, 15) is 26.0 Å². The second-order valence-corrected chi connectivity index (χ2v) is 10.0. The van der Waals surface area contributed by atoms with Crippen molar-refractivity contribution in [1.82, 2.24) is 14.6 Å². The van der Waals surface area contributed by atoms with E-state index in [4.69, 9.17) is 4.84 Å². The molecule has 0 saturated carbocycles. The van der Waals surface area contributed by atoms with Gasteiger partial charge in [-0.15, -0.1) is 0 Å². The Hall–Kier alpha value is -2.73. The maximum atomic E-state index is 14.5. The summed E-state index contributed by atoms with van der Waals surface area (Å²) in [4.78, 5) is 11.1. The summed E-state index contributed by atoms with van der Waals surface area (Å²) in [5.74, 6) is -2.47. The Labute approximate surface area is 188 Å². The van der Waals surface area contributed by atoms with Gasteiger partial charge in [-0.05, 0) is 31.5 Å². The van der Waals surface area contributed by atoms with Crippen molar-refractivity contribution in [1.29, 1.82) is 0 Å². The maximum absolute atomic E-state index is 14.5. The molecule has 7 nitrogen and oxygen atoms in total. The van der Waals surface area contributed by atoms with Gasteiger partial charge >= 0.3 is 0 Å². The number of pyridine rings is 1. The Morgan fingerprint density at radius 1 is 1.27 bits per heavy atom. The van der Waals surface area contributed by atoms with Crippen LogP contribution in [0.25, 0.3) is 11.1 Å². The molecule has 3 heterocycles. The van der Waals surface area contributed by atoms with Crippen molar-refractivity contribution in [2.75, 3.05) is 25.5 Å². The zero-order chi connectivity index (χ0) is 23.8. The van der Waals surface area contributed by atoms with Gasteiger partial charge in [0.15, 0.2) is 0 Å². The quantitative estimate of drug-likeness (QED) is 0.635. The van der Waals surface area contributed by atoms with Crippen LogP contribution < -0.4 is 4.72 Å². The number of rotatable bonds is 6. The van der Waals surface area contributed by atoms with Gasteiger partial charge in [0.2, 0.25) is 15.6 Å². The van der Waals surface area contributed by atoms with E-state index in [1.165, 1.54) is 6.92 Å². The van der Waals surface area contributed by atoms with Crippen LogP contribution in [-0.4, -0.2) is 55.7 Å². The lowest BCUT2D eigenvalue weighted by molar-refractivity contribution is -0.0435. The van der Waals surface area contributed by atoms with E-state index in [0.717, 1.165) is 30.5 Å².